The van der Waals surface area contributed by atoms with E-state index in [1.807, 2.05) is 6.92 Å². The molecule has 0 unspecified atom stereocenters. The highest BCUT2D eigenvalue weighted by Crippen LogP contribution is 2.10. The Labute approximate surface area is 125 Å². The second kappa shape index (κ2) is 20.6. The molecule has 126 valence electrons. The van der Waals surface area contributed by atoms with Crippen LogP contribution in [0.3, 0.4) is 0 Å². The summed E-state index contributed by atoms with van der Waals surface area (Å²) in [5, 5.41) is 40.0. The lowest BCUT2D eigenvalue weighted by molar-refractivity contribution is -0.132. The lowest BCUT2D eigenvalue weighted by atomic mass is 9.97. The lowest BCUT2D eigenvalue weighted by Gasteiger charge is -2.16. The van der Waals surface area contributed by atoms with E-state index < -0.39 is 11.9 Å². The molecule has 0 rings (SSSR count). The third kappa shape index (κ3) is 56.2. The van der Waals surface area contributed by atoms with Crippen LogP contribution in [0.4, 0.5) is 0 Å². The van der Waals surface area contributed by atoms with E-state index in [2.05, 4.69) is 13.2 Å². The molecule has 0 aromatic rings. The Kier molecular flexibility index (Phi) is 27.1. The largest absolute Gasteiger partial charge is 0.478 e. The molecule has 0 atom stereocenters. The van der Waals surface area contributed by atoms with Gasteiger partial charge in [-0.05, 0) is 6.42 Å². The molecule has 7 heteroatoms. The molecule has 0 aliphatic heterocycles. The van der Waals surface area contributed by atoms with Gasteiger partial charge in [0.25, 0.3) is 0 Å². The lowest BCUT2D eigenvalue weighted by Crippen LogP contribution is -2.20. The van der Waals surface area contributed by atoms with Gasteiger partial charge in [-0.25, -0.2) is 9.59 Å². The Bertz CT molecular complexity index is 246. The van der Waals surface area contributed by atoms with Crippen molar-refractivity contribution in [1.29, 1.82) is 0 Å². The minimum atomic E-state index is -0.981. The third-order valence-electron chi connectivity index (χ3n) is 1.43. The van der Waals surface area contributed by atoms with Crippen LogP contribution < -0.4 is 0 Å². The van der Waals surface area contributed by atoms with Crippen LogP contribution in [0, 0.1) is 5.41 Å². The van der Waals surface area contributed by atoms with Crippen LogP contribution in [0.25, 0.3) is 0 Å². The van der Waals surface area contributed by atoms with Gasteiger partial charge in [0.1, 0.15) is 0 Å². The van der Waals surface area contributed by atoms with E-state index in [0.29, 0.717) is 6.61 Å². The molecule has 0 heterocycles. The summed E-state index contributed by atoms with van der Waals surface area (Å²) in [7, 11) is 0. The van der Waals surface area contributed by atoms with E-state index in [1.165, 1.54) is 0 Å². The molecular formula is C14H28O7. The summed E-state index contributed by atoms with van der Waals surface area (Å²) in [5.74, 6) is -1.96. The standard InChI is InChI=1S/C5H12O2.2C3H4O2.C3H8O/c1-5(2,3-6)4-7;2*1-2-3(4)5;1-2-3-4/h6-7H,3-4H2,1-2H3;2*2H,1H2,(H,4,5);4H,2-3H2,1H3. The number of carbonyl (C=O) groups is 2. The highest BCUT2D eigenvalue weighted by atomic mass is 16.4. The van der Waals surface area contributed by atoms with Gasteiger partial charge in [0, 0.05) is 24.2 Å². The van der Waals surface area contributed by atoms with Crippen LogP contribution in [0.2, 0.25) is 0 Å². The maximum Gasteiger partial charge on any atom is 0.327 e. The van der Waals surface area contributed by atoms with E-state index in [9.17, 15) is 9.59 Å². The van der Waals surface area contributed by atoms with Crippen LogP contribution in [0.5, 0.6) is 0 Å². The highest BCUT2D eigenvalue weighted by Gasteiger charge is 2.13. The zero-order chi connectivity index (χ0) is 17.9. The Hall–Kier alpha value is -1.70. The fourth-order valence-corrected chi connectivity index (χ4v) is 0.0500. The van der Waals surface area contributed by atoms with Crippen molar-refractivity contribution in [3.63, 3.8) is 0 Å². The number of carboxylic acid groups (broad SMARTS) is 2. The molecule has 0 saturated carbocycles. The van der Waals surface area contributed by atoms with E-state index in [1.54, 1.807) is 13.8 Å². The van der Waals surface area contributed by atoms with Crippen molar-refractivity contribution in [3.8, 4) is 0 Å². The molecule has 0 aliphatic carbocycles. The zero-order valence-corrected chi connectivity index (χ0v) is 12.9. The number of rotatable bonds is 5. The molecule has 0 aliphatic rings. The Morgan fingerprint density at radius 3 is 1.14 bits per heavy atom. The number of hydrogen-bond donors (Lipinski definition) is 5. The molecular weight excluding hydrogens is 280 g/mol. The van der Waals surface area contributed by atoms with Gasteiger partial charge in [0.15, 0.2) is 0 Å². The van der Waals surface area contributed by atoms with Crippen molar-refractivity contribution < 1.29 is 35.1 Å². The smallest absolute Gasteiger partial charge is 0.327 e. The monoisotopic (exact) mass is 308 g/mol. The number of carboxylic acids is 2. The first-order valence-electron chi connectivity index (χ1n) is 6.11. The maximum absolute atomic E-state index is 9.25. The Morgan fingerprint density at radius 1 is 0.952 bits per heavy atom. The minimum absolute atomic E-state index is 0.0451. The van der Waals surface area contributed by atoms with E-state index in [0.717, 1.165) is 18.6 Å². The van der Waals surface area contributed by atoms with Gasteiger partial charge in [0.05, 0.1) is 13.2 Å². The zero-order valence-electron chi connectivity index (χ0n) is 12.9. The van der Waals surface area contributed by atoms with Crippen molar-refractivity contribution in [3.05, 3.63) is 25.3 Å². The number of aliphatic hydroxyl groups is 3. The van der Waals surface area contributed by atoms with E-state index in [4.69, 9.17) is 25.5 Å². The highest BCUT2D eigenvalue weighted by molar-refractivity contribution is 5.79. The fraction of sp³-hybridized carbons (Fsp3) is 0.571. The molecule has 5 N–H and O–H groups in total. The Morgan fingerprint density at radius 2 is 1.14 bits per heavy atom. The van der Waals surface area contributed by atoms with Crippen molar-refractivity contribution in [2.75, 3.05) is 19.8 Å². The normalized spacial score (nSPS) is 8.48. The van der Waals surface area contributed by atoms with Gasteiger partial charge in [0.2, 0.25) is 0 Å². The first kappa shape index (κ1) is 27.6. The quantitative estimate of drug-likeness (QED) is 0.476. The summed E-state index contributed by atoms with van der Waals surface area (Å²) in [4.78, 5) is 18.5. The van der Waals surface area contributed by atoms with Crippen LogP contribution in [0.1, 0.15) is 27.2 Å². The summed E-state index contributed by atoms with van der Waals surface area (Å²) in [6, 6.07) is 0. The predicted molar refractivity (Wildman–Crippen MR) is 81.0 cm³/mol. The van der Waals surface area contributed by atoms with Crippen molar-refractivity contribution in [2.45, 2.75) is 27.2 Å². The molecule has 0 aromatic heterocycles. The van der Waals surface area contributed by atoms with Crippen molar-refractivity contribution >= 4 is 11.9 Å². The second-order valence-electron chi connectivity index (χ2n) is 4.29. The maximum atomic E-state index is 9.25. The third-order valence-corrected chi connectivity index (χ3v) is 1.43. The molecule has 0 radical (unpaired) electrons. The van der Waals surface area contributed by atoms with Gasteiger partial charge < -0.3 is 25.5 Å². The van der Waals surface area contributed by atoms with Crippen LogP contribution in [0.15, 0.2) is 25.3 Å². The predicted octanol–water partition coefficient (Wildman–Crippen LogP) is 0.900. The average molecular weight is 308 g/mol. The molecule has 0 fully saturated rings. The van der Waals surface area contributed by atoms with Gasteiger partial charge in [-0.15, -0.1) is 0 Å². The summed E-state index contributed by atoms with van der Waals surface area (Å²) < 4.78 is 0. The molecule has 0 spiro atoms. The molecule has 0 saturated heterocycles. The molecule has 0 bridgehead atoms. The van der Waals surface area contributed by atoms with E-state index in [-0.39, 0.29) is 18.6 Å². The van der Waals surface area contributed by atoms with Gasteiger partial charge in [-0.3, -0.25) is 0 Å². The van der Waals surface area contributed by atoms with Crippen molar-refractivity contribution in [2.24, 2.45) is 5.41 Å². The first-order chi connectivity index (χ1) is 9.58. The van der Waals surface area contributed by atoms with E-state index >= 15 is 0 Å². The van der Waals surface area contributed by atoms with Crippen molar-refractivity contribution in [1.82, 2.24) is 0 Å². The topological polar surface area (TPSA) is 135 Å². The molecule has 21 heavy (non-hydrogen) atoms. The van der Waals surface area contributed by atoms with Crippen LogP contribution >= 0.6 is 0 Å². The summed E-state index contributed by atoms with van der Waals surface area (Å²) >= 11 is 0. The summed E-state index contributed by atoms with van der Waals surface area (Å²) in [6.07, 6.45) is 2.54. The van der Waals surface area contributed by atoms with Gasteiger partial charge in [-0.1, -0.05) is 33.9 Å². The molecule has 7 nitrogen and oxygen atoms in total. The number of hydrogen-bond acceptors (Lipinski definition) is 5. The number of aliphatic carboxylic acids is 2. The van der Waals surface area contributed by atoms with Crippen LogP contribution in [-0.4, -0.2) is 57.3 Å². The van der Waals surface area contributed by atoms with Crippen LogP contribution in [-0.2, 0) is 9.59 Å². The SMILES string of the molecule is C=CC(=O)O.C=CC(=O)O.CC(C)(CO)CO.CCCO. The number of aliphatic hydroxyl groups excluding tert-OH is 3. The second-order valence-corrected chi connectivity index (χ2v) is 4.29. The Balaban J connectivity index is -0.0000000939. The minimum Gasteiger partial charge on any atom is -0.478 e. The fourth-order valence-electron chi connectivity index (χ4n) is 0.0500. The molecule has 0 aromatic carbocycles. The average Bonchev–Trinajstić information content (AvgIpc) is 2.48. The summed E-state index contributed by atoms with van der Waals surface area (Å²) in [5.41, 5.74) is -0.306. The first-order valence-corrected chi connectivity index (χ1v) is 6.11. The van der Waals surface area contributed by atoms with Gasteiger partial charge >= 0.3 is 11.9 Å². The summed E-state index contributed by atoms with van der Waals surface area (Å²) in [6.45, 7) is 11.9. The van der Waals surface area contributed by atoms with Gasteiger partial charge in [-0.2, -0.15) is 0 Å². The molecule has 0 amide bonds.